The number of phenols is 1. The molecular formula is C29H35ClN8O3. The van der Waals surface area contributed by atoms with Crippen LogP contribution in [-0.4, -0.2) is 87.2 Å². The van der Waals surface area contributed by atoms with Gasteiger partial charge in [-0.2, -0.15) is 0 Å². The highest BCUT2D eigenvalue weighted by molar-refractivity contribution is 6.32. The average molecular weight is 579 g/mol. The Morgan fingerprint density at radius 1 is 1.10 bits per heavy atom. The number of para-hydroxylation sites is 1. The number of nitrogens with zero attached hydrogens (tertiary/aromatic N) is 7. The minimum Gasteiger partial charge on any atom is -0.506 e. The molecule has 2 aromatic heterocycles. The number of amides is 1. The molecule has 2 saturated heterocycles. The lowest BCUT2D eigenvalue weighted by Gasteiger charge is -2.45. The number of fused-ring (bicyclic) bond motifs is 3. The van der Waals surface area contributed by atoms with Crippen molar-refractivity contribution in [2.24, 2.45) is 0 Å². The Kier molecular flexibility index (Phi) is 7.23. The molecule has 6 rings (SSSR count). The summed E-state index contributed by atoms with van der Waals surface area (Å²) in [7, 11) is 0. The third kappa shape index (κ3) is 5.68. The first-order valence-electron chi connectivity index (χ1n) is 14.1. The molecule has 216 valence electrons. The van der Waals surface area contributed by atoms with Crippen LogP contribution in [-0.2, 0) is 4.74 Å². The van der Waals surface area contributed by atoms with Crippen LogP contribution < -0.4 is 15.1 Å². The summed E-state index contributed by atoms with van der Waals surface area (Å²) >= 11 is 6.12. The fourth-order valence-electron chi connectivity index (χ4n) is 5.75. The Morgan fingerprint density at radius 2 is 1.85 bits per heavy atom. The van der Waals surface area contributed by atoms with Gasteiger partial charge in [0.15, 0.2) is 5.82 Å². The molecule has 1 aromatic carbocycles. The average Bonchev–Trinajstić information content (AvgIpc) is 2.97. The van der Waals surface area contributed by atoms with Crippen molar-refractivity contribution in [3.8, 4) is 17.0 Å². The molecule has 1 atom stereocenters. The van der Waals surface area contributed by atoms with Crippen LogP contribution in [0.5, 0.6) is 5.75 Å². The molecule has 0 aliphatic carbocycles. The van der Waals surface area contributed by atoms with E-state index < -0.39 is 5.60 Å². The van der Waals surface area contributed by atoms with Gasteiger partial charge in [0, 0.05) is 57.2 Å². The minimum absolute atomic E-state index is 0.00254. The molecule has 0 saturated carbocycles. The number of likely N-dealkylation sites (tertiary alicyclic amines) is 1. The van der Waals surface area contributed by atoms with E-state index in [0.29, 0.717) is 30.3 Å². The predicted molar refractivity (Wildman–Crippen MR) is 158 cm³/mol. The summed E-state index contributed by atoms with van der Waals surface area (Å²) in [5.74, 6) is 1.79. The van der Waals surface area contributed by atoms with Gasteiger partial charge in [-0.25, -0.2) is 14.8 Å². The van der Waals surface area contributed by atoms with Gasteiger partial charge in [-0.15, -0.1) is 10.2 Å². The van der Waals surface area contributed by atoms with E-state index in [4.69, 9.17) is 26.3 Å². The molecule has 0 bridgehead atoms. The fourth-order valence-corrected chi connectivity index (χ4v) is 5.93. The maximum absolute atomic E-state index is 12.4. The van der Waals surface area contributed by atoms with Gasteiger partial charge in [-0.3, -0.25) is 0 Å². The van der Waals surface area contributed by atoms with Crippen LogP contribution in [0.25, 0.3) is 11.3 Å². The molecule has 5 heterocycles. The van der Waals surface area contributed by atoms with Crippen molar-refractivity contribution in [3.05, 3.63) is 47.2 Å². The molecule has 3 aromatic rings. The third-order valence-electron chi connectivity index (χ3n) is 7.89. The Balaban J connectivity index is 1.09. The number of hydrogen-bond acceptors (Lipinski definition) is 10. The van der Waals surface area contributed by atoms with E-state index in [1.54, 1.807) is 23.1 Å². The zero-order valence-corrected chi connectivity index (χ0v) is 24.3. The molecule has 3 aliphatic heterocycles. The number of carbonyl (C=O) groups is 1. The van der Waals surface area contributed by atoms with Gasteiger partial charge in [0.05, 0.1) is 22.4 Å². The van der Waals surface area contributed by atoms with E-state index >= 15 is 0 Å². The van der Waals surface area contributed by atoms with Crippen LogP contribution in [0.1, 0.15) is 45.1 Å². The Bertz CT molecular complexity index is 1420. The summed E-state index contributed by atoms with van der Waals surface area (Å²) in [6, 6.07) is 7.38. The monoisotopic (exact) mass is 578 g/mol. The maximum atomic E-state index is 12.4. The van der Waals surface area contributed by atoms with Crippen molar-refractivity contribution in [1.29, 1.82) is 0 Å². The Morgan fingerprint density at radius 3 is 2.59 bits per heavy atom. The van der Waals surface area contributed by atoms with Crippen molar-refractivity contribution < 1.29 is 14.6 Å². The van der Waals surface area contributed by atoms with Crippen molar-refractivity contribution in [3.63, 3.8) is 0 Å². The highest BCUT2D eigenvalue weighted by atomic mass is 35.5. The largest absolute Gasteiger partial charge is 0.506 e. The number of hydrogen-bond donors (Lipinski definition) is 2. The third-order valence-corrected chi connectivity index (χ3v) is 8.20. The first-order chi connectivity index (χ1) is 19.7. The van der Waals surface area contributed by atoms with E-state index in [2.05, 4.69) is 25.3 Å². The van der Waals surface area contributed by atoms with Crippen LogP contribution in [0.4, 0.5) is 22.2 Å². The standard InChI is InChI=1S/C29H35ClN8O3/c1-29(2,3)41-28(40)36-9-7-18(8-10-36)19-14-32-27(33-15-19)37-11-12-38-20(17-37)16-31-26-24(38)13-23(34-35-26)21-5-4-6-22(30)25(21)39/h4-6,13-15,18,20,39H,7-12,16-17H2,1-3H3,(H,31,35). The topological polar surface area (TPSA) is 120 Å². The van der Waals surface area contributed by atoms with Crippen molar-refractivity contribution in [2.45, 2.75) is 51.2 Å². The van der Waals surface area contributed by atoms with Crippen LogP contribution >= 0.6 is 11.6 Å². The van der Waals surface area contributed by atoms with Crippen LogP contribution in [0.3, 0.4) is 0 Å². The molecule has 11 nitrogen and oxygen atoms in total. The number of halogens is 1. The summed E-state index contributed by atoms with van der Waals surface area (Å²) < 4.78 is 5.52. The number of carbonyl (C=O) groups excluding carboxylic acids is 1. The summed E-state index contributed by atoms with van der Waals surface area (Å²) in [5, 5.41) is 22.9. The number of ether oxygens (including phenoxy) is 1. The number of aromatic nitrogens is 4. The van der Waals surface area contributed by atoms with Crippen LogP contribution in [0, 0.1) is 0 Å². The van der Waals surface area contributed by atoms with E-state index in [0.717, 1.165) is 62.0 Å². The van der Waals surface area contributed by atoms with Gasteiger partial charge in [-0.05, 0) is 63.3 Å². The predicted octanol–water partition coefficient (Wildman–Crippen LogP) is 4.53. The lowest BCUT2D eigenvalue weighted by molar-refractivity contribution is 0.0204. The van der Waals surface area contributed by atoms with Gasteiger partial charge in [0.25, 0.3) is 0 Å². The van der Waals surface area contributed by atoms with E-state index in [9.17, 15) is 9.90 Å². The summed E-state index contributed by atoms with van der Waals surface area (Å²) in [6.07, 6.45) is 5.37. The quantitative estimate of drug-likeness (QED) is 0.459. The second kappa shape index (κ2) is 10.8. The van der Waals surface area contributed by atoms with Crippen LogP contribution in [0.15, 0.2) is 36.7 Å². The van der Waals surface area contributed by atoms with Crippen molar-refractivity contribution in [2.75, 3.05) is 54.4 Å². The maximum Gasteiger partial charge on any atom is 0.410 e. The van der Waals surface area contributed by atoms with Crippen molar-refractivity contribution in [1.82, 2.24) is 25.1 Å². The number of phenolic OH excluding ortho intramolecular Hbond substituents is 1. The highest BCUT2D eigenvalue weighted by Gasteiger charge is 2.34. The summed E-state index contributed by atoms with van der Waals surface area (Å²) in [6.45, 7) is 10.0. The number of rotatable bonds is 3. The van der Waals surface area contributed by atoms with Gasteiger partial charge >= 0.3 is 6.09 Å². The SMILES string of the molecule is CC(C)(C)OC(=O)N1CCC(c2cnc(N3CCN4c5cc(-c6cccc(Cl)c6O)nnc5NCC4C3)nc2)CC1. The highest BCUT2D eigenvalue weighted by Crippen LogP contribution is 2.38. The Hall–Kier alpha value is -3.86. The normalized spacial score (nSPS) is 19.3. The molecule has 3 aliphatic rings. The lowest BCUT2D eigenvalue weighted by atomic mass is 9.91. The van der Waals surface area contributed by atoms with Gasteiger partial charge < -0.3 is 29.9 Å². The van der Waals surface area contributed by atoms with Gasteiger partial charge in [0.1, 0.15) is 11.4 Å². The fraction of sp³-hybridized carbons (Fsp3) is 0.483. The first kappa shape index (κ1) is 27.3. The number of nitrogens with one attached hydrogen (secondary N) is 1. The number of aromatic hydroxyl groups is 1. The van der Waals surface area contributed by atoms with E-state index in [-0.39, 0.29) is 22.9 Å². The second-order valence-corrected chi connectivity index (χ2v) is 12.2. The molecule has 2 fully saturated rings. The van der Waals surface area contributed by atoms with E-state index in [1.807, 2.05) is 39.2 Å². The molecule has 1 unspecified atom stereocenters. The first-order valence-corrected chi connectivity index (χ1v) is 14.4. The molecule has 0 spiro atoms. The number of piperidine rings is 1. The zero-order chi connectivity index (χ0) is 28.7. The summed E-state index contributed by atoms with van der Waals surface area (Å²) in [5.41, 5.74) is 2.71. The Labute approximate surface area is 244 Å². The molecule has 0 radical (unpaired) electrons. The number of benzene rings is 1. The lowest BCUT2D eigenvalue weighted by Crippen LogP contribution is -2.58. The molecule has 1 amide bonds. The zero-order valence-electron chi connectivity index (χ0n) is 23.5. The molecular weight excluding hydrogens is 544 g/mol. The second-order valence-electron chi connectivity index (χ2n) is 11.8. The van der Waals surface area contributed by atoms with Crippen LogP contribution in [0.2, 0.25) is 5.02 Å². The van der Waals surface area contributed by atoms with Crippen molar-refractivity contribution >= 4 is 35.1 Å². The minimum atomic E-state index is -0.488. The van der Waals surface area contributed by atoms with E-state index in [1.165, 1.54) is 0 Å². The van der Waals surface area contributed by atoms with Gasteiger partial charge in [0.2, 0.25) is 5.95 Å². The number of piperazine rings is 1. The number of anilines is 3. The molecule has 12 heteroatoms. The molecule has 41 heavy (non-hydrogen) atoms. The smallest absolute Gasteiger partial charge is 0.410 e. The summed E-state index contributed by atoms with van der Waals surface area (Å²) in [4.78, 5) is 28.2. The molecule has 2 N–H and O–H groups in total. The van der Waals surface area contributed by atoms with Gasteiger partial charge in [-0.1, -0.05) is 17.7 Å².